The van der Waals surface area contributed by atoms with Crippen molar-refractivity contribution in [3.05, 3.63) is 35.4 Å². The average Bonchev–Trinajstić information content (AvgIpc) is 2.70. The van der Waals surface area contributed by atoms with Gasteiger partial charge in [0.15, 0.2) is 0 Å². The number of imide groups is 1. The van der Waals surface area contributed by atoms with E-state index in [1.807, 2.05) is 0 Å². The smallest absolute Gasteiger partial charge is 0.261 e. The van der Waals surface area contributed by atoms with E-state index >= 15 is 0 Å². The number of nitrogens with zero attached hydrogens (tertiary/aromatic N) is 1. The van der Waals surface area contributed by atoms with Crippen molar-refractivity contribution in [3.63, 3.8) is 0 Å². The van der Waals surface area contributed by atoms with E-state index in [9.17, 15) is 14.4 Å². The lowest BCUT2D eigenvalue weighted by Gasteiger charge is -2.14. The molecule has 0 saturated heterocycles. The zero-order valence-corrected chi connectivity index (χ0v) is 12.5. The number of halogens is 1. The maximum absolute atomic E-state index is 12.0. The Morgan fingerprint density at radius 1 is 1.10 bits per heavy atom. The number of hydrogen-bond acceptors (Lipinski definition) is 4. The number of carbonyl (C=O) groups excluding carboxylic acids is 3. The molecule has 1 aromatic rings. The molecular weight excluding hydrogens is 294 g/mol. The van der Waals surface area contributed by atoms with E-state index < -0.39 is 0 Å². The molecule has 6 nitrogen and oxygen atoms in total. The van der Waals surface area contributed by atoms with Crippen LogP contribution >= 0.6 is 12.4 Å². The van der Waals surface area contributed by atoms with Crippen LogP contribution in [-0.2, 0) is 4.79 Å². The van der Waals surface area contributed by atoms with Crippen molar-refractivity contribution in [1.82, 2.24) is 15.5 Å². The first-order valence-electron chi connectivity index (χ1n) is 6.51. The van der Waals surface area contributed by atoms with Crippen LogP contribution in [0.3, 0.4) is 0 Å². The van der Waals surface area contributed by atoms with Gasteiger partial charge < -0.3 is 10.6 Å². The van der Waals surface area contributed by atoms with E-state index in [1.165, 1.54) is 4.90 Å². The Balaban J connectivity index is 0.00000220. The van der Waals surface area contributed by atoms with Gasteiger partial charge in [0.05, 0.1) is 11.1 Å². The fourth-order valence-electron chi connectivity index (χ4n) is 2.08. The molecule has 0 aromatic heterocycles. The number of nitrogens with one attached hydrogen (secondary N) is 2. The molecule has 7 heteroatoms. The highest BCUT2D eigenvalue weighted by atomic mass is 35.5. The van der Waals surface area contributed by atoms with E-state index in [0.29, 0.717) is 24.1 Å². The van der Waals surface area contributed by atoms with Crippen molar-refractivity contribution >= 4 is 30.1 Å². The van der Waals surface area contributed by atoms with E-state index in [4.69, 9.17) is 0 Å². The summed E-state index contributed by atoms with van der Waals surface area (Å²) in [4.78, 5) is 36.7. The van der Waals surface area contributed by atoms with Gasteiger partial charge in [-0.25, -0.2) is 0 Å². The fourth-order valence-corrected chi connectivity index (χ4v) is 2.08. The number of benzene rings is 1. The van der Waals surface area contributed by atoms with Crippen LogP contribution in [0, 0.1) is 0 Å². The lowest BCUT2D eigenvalue weighted by Crippen LogP contribution is -2.38. The molecule has 0 fully saturated rings. The fraction of sp³-hybridized carbons (Fsp3) is 0.357. The van der Waals surface area contributed by atoms with Gasteiger partial charge in [-0.1, -0.05) is 12.1 Å². The second kappa shape index (κ2) is 7.75. The Hall–Kier alpha value is -1.92. The Morgan fingerprint density at radius 2 is 1.67 bits per heavy atom. The first kappa shape index (κ1) is 17.1. The van der Waals surface area contributed by atoms with Crippen LogP contribution in [0.25, 0.3) is 0 Å². The van der Waals surface area contributed by atoms with Gasteiger partial charge >= 0.3 is 0 Å². The minimum Gasteiger partial charge on any atom is -0.354 e. The van der Waals surface area contributed by atoms with Crippen molar-refractivity contribution in [2.45, 2.75) is 6.42 Å². The van der Waals surface area contributed by atoms with Gasteiger partial charge in [0.1, 0.15) is 0 Å². The van der Waals surface area contributed by atoms with Crippen LogP contribution in [0.2, 0.25) is 0 Å². The summed E-state index contributed by atoms with van der Waals surface area (Å²) < 4.78 is 0. The average molecular weight is 312 g/mol. The number of hydrogen-bond donors (Lipinski definition) is 2. The minimum absolute atomic E-state index is 0. The molecule has 1 aliphatic heterocycles. The second-order valence-corrected chi connectivity index (χ2v) is 4.51. The minimum atomic E-state index is -0.296. The molecule has 0 radical (unpaired) electrons. The van der Waals surface area contributed by atoms with E-state index in [0.717, 1.165) is 0 Å². The van der Waals surface area contributed by atoms with Crippen LogP contribution in [0.5, 0.6) is 0 Å². The summed E-state index contributed by atoms with van der Waals surface area (Å²) in [5.41, 5.74) is 0.859. The first-order chi connectivity index (χ1) is 9.65. The van der Waals surface area contributed by atoms with Crippen molar-refractivity contribution in [1.29, 1.82) is 0 Å². The van der Waals surface area contributed by atoms with Gasteiger partial charge in [0.25, 0.3) is 11.8 Å². The molecule has 2 N–H and O–H groups in total. The Kier molecular flexibility index (Phi) is 6.33. The molecule has 1 aromatic carbocycles. The zero-order chi connectivity index (χ0) is 14.5. The van der Waals surface area contributed by atoms with Crippen molar-refractivity contribution in [3.8, 4) is 0 Å². The molecule has 3 amide bonds. The Labute approximate surface area is 129 Å². The van der Waals surface area contributed by atoms with Crippen LogP contribution in [0.4, 0.5) is 0 Å². The molecule has 2 rings (SSSR count). The van der Waals surface area contributed by atoms with Crippen molar-refractivity contribution in [2.75, 3.05) is 26.7 Å². The molecule has 1 heterocycles. The number of amides is 3. The summed E-state index contributed by atoms with van der Waals surface area (Å²) in [6.07, 6.45) is 0.374. The van der Waals surface area contributed by atoms with Crippen LogP contribution in [0.15, 0.2) is 24.3 Å². The predicted molar refractivity (Wildman–Crippen MR) is 80.6 cm³/mol. The summed E-state index contributed by atoms with van der Waals surface area (Å²) in [5, 5.41) is 5.56. The van der Waals surface area contributed by atoms with Crippen LogP contribution < -0.4 is 10.6 Å². The normalized spacial score (nSPS) is 12.9. The molecule has 0 saturated carbocycles. The lowest BCUT2D eigenvalue weighted by molar-refractivity contribution is -0.121. The van der Waals surface area contributed by atoms with Gasteiger partial charge in [0, 0.05) is 26.1 Å². The highest BCUT2D eigenvalue weighted by Gasteiger charge is 2.34. The quantitative estimate of drug-likeness (QED) is 0.747. The molecule has 0 atom stereocenters. The topological polar surface area (TPSA) is 78.5 Å². The largest absolute Gasteiger partial charge is 0.354 e. The number of fused-ring (bicyclic) bond motifs is 1. The SMILES string of the molecule is CNCCC(=O)NCCN1C(=O)c2ccccc2C1=O.Cl. The molecule has 0 unspecified atom stereocenters. The molecule has 0 spiro atoms. The van der Waals surface area contributed by atoms with E-state index in [2.05, 4.69) is 10.6 Å². The number of rotatable bonds is 6. The third kappa shape index (κ3) is 3.80. The lowest BCUT2D eigenvalue weighted by atomic mass is 10.1. The van der Waals surface area contributed by atoms with Crippen molar-refractivity contribution < 1.29 is 14.4 Å². The monoisotopic (exact) mass is 311 g/mol. The third-order valence-electron chi connectivity index (χ3n) is 3.14. The molecule has 1 aliphatic rings. The van der Waals surface area contributed by atoms with Gasteiger partial charge in [-0.05, 0) is 19.2 Å². The molecular formula is C14H18ClN3O3. The highest BCUT2D eigenvalue weighted by molar-refractivity contribution is 6.21. The maximum atomic E-state index is 12.0. The molecule has 0 bridgehead atoms. The predicted octanol–water partition coefficient (Wildman–Crippen LogP) is 0.430. The Morgan fingerprint density at radius 3 is 2.19 bits per heavy atom. The summed E-state index contributed by atoms with van der Waals surface area (Å²) in [6, 6.07) is 6.74. The summed E-state index contributed by atoms with van der Waals surface area (Å²) >= 11 is 0. The van der Waals surface area contributed by atoms with Crippen molar-refractivity contribution in [2.24, 2.45) is 0 Å². The van der Waals surface area contributed by atoms with Gasteiger partial charge in [-0.15, -0.1) is 12.4 Å². The highest BCUT2D eigenvalue weighted by Crippen LogP contribution is 2.21. The van der Waals surface area contributed by atoms with Gasteiger partial charge in [-0.3, -0.25) is 19.3 Å². The first-order valence-corrected chi connectivity index (χ1v) is 6.51. The Bertz CT molecular complexity index is 513. The zero-order valence-electron chi connectivity index (χ0n) is 11.7. The van der Waals surface area contributed by atoms with Crippen LogP contribution in [-0.4, -0.2) is 49.3 Å². The molecule has 21 heavy (non-hydrogen) atoms. The summed E-state index contributed by atoms with van der Waals surface area (Å²) in [7, 11) is 1.77. The third-order valence-corrected chi connectivity index (χ3v) is 3.14. The van der Waals surface area contributed by atoms with Crippen LogP contribution in [0.1, 0.15) is 27.1 Å². The van der Waals surface area contributed by atoms with E-state index in [1.54, 1.807) is 31.3 Å². The standard InChI is InChI=1S/C14H17N3O3.ClH/c1-15-7-6-12(18)16-8-9-17-13(19)10-4-2-3-5-11(10)14(17)20;/h2-5,15H,6-9H2,1H3,(H,16,18);1H. The molecule has 114 valence electrons. The van der Waals surface area contributed by atoms with Gasteiger partial charge in [-0.2, -0.15) is 0 Å². The molecule has 0 aliphatic carbocycles. The summed E-state index contributed by atoms with van der Waals surface area (Å²) in [6.45, 7) is 1.06. The van der Waals surface area contributed by atoms with E-state index in [-0.39, 0.29) is 43.2 Å². The number of carbonyl (C=O) groups is 3. The maximum Gasteiger partial charge on any atom is 0.261 e. The second-order valence-electron chi connectivity index (χ2n) is 4.51. The summed E-state index contributed by atoms with van der Waals surface area (Å²) in [5.74, 6) is -0.693. The van der Waals surface area contributed by atoms with Gasteiger partial charge in [0.2, 0.25) is 5.91 Å².